The fourth-order valence-electron chi connectivity index (χ4n) is 1.71. The maximum absolute atomic E-state index is 12.1. The first-order chi connectivity index (χ1) is 9.61. The van der Waals surface area contributed by atoms with Crippen molar-refractivity contribution in [3.05, 3.63) is 39.8 Å². The molecule has 5 nitrogen and oxygen atoms in total. The lowest BCUT2D eigenvalue weighted by Crippen LogP contribution is -2.11. The Balaban J connectivity index is 2.12. The molecule has 0 saturated heterocycles. The number of esters is 1. The molecule has 0 aliphatic rings. The van der Waals surface area contributed by atoms with Crippen molar-refractivity contribution in [2.24, 2.45) is 0 Å². The van der Waals surface area contributed by atoms with Gasteiger partial charge < -0.3 is 15.2 Å². The van der Waals surface area contributed by atoms with Crippen molar-refractivity contribution >= 4 is 23.0 Å². The van der Waals surface area contributed by atoms with E-state index in [1.165, 1.54) is 11.3 Å². The number of anilines is 1. The molecule has 0 aliphatic carbocycles. The summed E-state index contributed by atoms with van der Waals surface area (Å²) >= 11 is 1.45. The van der Waals surface area contributed by atoms with E-state index in [1.807, 2.05) is 19.2 Å². The number of thiazole rings is 1. The molecule has 1 aromatic heterocycles. The van der Waals surface area contributed by atoms with Crippen molar-refractivity contribution in [3.8, 4) is 5.75 Å². The number of hydrogen-bond acceptors (Lipinski definition) is 6. The minimum absolute atomic E-state index is 0.136. The average molecular weight is 292 g/mol. The van der Waals surface area contributed by atoms with Crippen LogP contribution in [0.25, 0.3) is 0 Å². The van der Waals surface area contributed by atoms with E-state index in [0.717, 1.165) is 10.7 Å². The van der Waals surface area contributed by atoms with Crippen LogP contribution in [0.3, 0.4) is 0 Å². The van der Waals surface area contributed by atoms with Crippen LogP contribution < -0.4 is 10.5 Å². The topological polar surface area (TPSA) is 74.4 Å². The van der Waals surface area contributed by atoms with Crippen LogP contribution in [0.5, 0.6) is 5.75 Å². The van der Waals surface area contributed by atoms with Gasteiger partial charge in [-0.05, 0) is 26.0 Å². The summed E-state index contributed by atoms with van der Waals surface area (Å²) in [6.45, 7) is 4.33. The van der Waals surface area contributed by atoms with E-state index in [-0.39, 0.29) is 12.2 Å². The predicted octanol–water partition coefficient (Wildman–Crippen LogP) is 2.79. The van der Waals surface area contributed by atoms with Gasteiger partial charge in [-0.15, -0.1) is 11.3 Å². The molecule has 0 saturated carbocycles. The molecule has 20 heavy (non-hydrogen) atoms. The monoisotopic (exact) mass is 292 g/mol. The Kier molecular flexibility index (Phi) is 4.57. The van der Waals surface area contributed by atoms with Gasteiger partial charge in [0.15, 0.2) is 0 Å². The molecular formula is C14H16N2O3S. The molecule has 106 valence electrons. The Hall–Kier alpha value is -2.08. The summed E-state index contributed by atoms with van der Waals surface area (Å²) in [5.41, 5.74) is 7.35. The lowest BCUT2D eigenvalue weighted by Gasteiger charge is -2.11. The molecule has 2 N–H and O–H groups in total. The number of carbonyl (C=O) groups excluding carboxylic acids is 1. The maximum Gasteiger partial charge on any atom is 0.344 e. The number of hydrogen-bond donors (Lipinski definition) is 1. The van der Waals surface area contributed by atoms with Crippen molar-refractivity contribution < 1.29 is 14.3 Å². The van der Waals surface area contributed by atoms with Crippen LogP contribution in [0, 0.1) is 6.92 Å². The zero-order chi connectivity index (χ0) is 14.5. The Labute approximate surface area is 121 Å². The van der Waals surface area contributed by atoms with Crippen LogP contribution in [-0.2, 0) is 11.3 Å². The number of carbonyl (C=O) groups is 1. The van der Waals surface area contributed by atoms with Crippen LogP contribution >= 0.6 is 11.3 Å². The molecular weight excluding hydrogens is 276 g/mol. The summed E-state index contributed by atoms with van der Waals surface area (Å²) in [4.78, 5) is 16.4. The number of nitrogens with two attached hydrogens (primary N) is 1. The van der Waals surface area contributed by atoms with Crippen molar-refractivity contribution in [2.45, 2.75) is 20.5 Å². The highest BCUT2D eigenvalue weighted by atomic mass is 32.1. The third-order valence-corrected chi connectivity index (χ3v) is 3.50. The summed E-state index contributed by atoms with van der Waals surface area (Å²) in [5.74, 6) is -0.0628. The first-order valence-corrected chi connectivity index (χ1v) is 7.09. The lowest BCUT2D eigenvalue weighted by molar-refractivity contribution is 0.0469. The molecule has 2 rings (SSSR count). The molecule has 0 fully saturated rings. The van der Waals surface area contributed by atoms with Gasteiger partial charge in [0, 0.05) is 16.8 Å². The van der Waals surface area contributed by atoms with Gasteiger partial charge in [0.05, 0.1) is 6.61 Å². The molecule has 6 heteroatoms. The largest absolute Gasteiger partial charge is 0.493 e. The molecule has 0 bridgehead atoms. The Bertz CT molecular complexity index is 610. The second kappa shape index (κ2) is 6.38. The fraction of sp³-hybridized carbons (Fsp3) is 0.286. The van der Waals surface area contributed by atoms with Crippen LogP contribution in [0.2, 0.25) is 0 Å². The van der Waals surface area contributed by atoms with E-state index in [4.69, 9.17) is 15.2 Å². The molecule has 0 aliphatic heterocycles. The Morgan fingerprint density at radius 3 is 2.90 bits per heavy atom. The molecule has 0 atom stereocenters. The van der Waals surface area contributed by atoms with Gasteiger partial charge in [0.25, 0.3) is 0 Å². The second-order valence-electron chi connectivity index (χ2n) is 4.11. The molecule has 0 amide bonds. The van der Waals surface area contributed by atoms with Gasteiger partial charge in [-0.25, -0.2) is 9.78 Å². The number of aromatic nitrogens is 1. The molecule has 0 spiro atoms. The van der Waals surface area contributed by atoms with E-state index in [0.29, 0.717) is 18.0 Å². The highest BCUT2D eigenvalue weighted by Crippen LogP contribution is 2.25. The van der Waals surface area contributed by atoms with Gasteiger partial charge >= 0.3 is 5.97 Å². The quantitative estimate of drug-likeness (QED) is 0.677. The summed E-state index contributed by atoms with van der Waals surface area (Å²) < 4.78 is 10.6. The molecule has 2 aromatic rings. The van der Waals surface area contributed by atoms with Crippen LogP contribution in [-0.4, -0.2) is 17.6 Å². The van der Waals surface area contributed by atoms with Gasteiger partial charge in [-0.3, -0.25) is 0 Å². The second-order valence-corrected chi connectivity index (χ2v) is 5.05. The van der Waals surface area contributed by atoms with E-state index in [9.17, 15) is 4.79 Å². The summed E-state index contributed by atoms with van der Waals surface area (Å²) in [6.07, 6.45) is 0. The Morgan fingerprint density at radius 1 is 1.45 bits per heavy atom. The predicted molar refractivity (Wildman–Crippen MR) is 78.0 cm³/mol. The van der Waals surface area contributed by atoms with Crippen LogP contribution in [0.4, 0.5) is 5.69 Å². The first-order valence-electron chi connectivity index (χ1n) is 6.21. The minimum Gasteiger partial charge on any atom is -0.493 e. The van der Waals surface area contributed by atoms with Gasteiger partial charge in [0.1, 0.15) is 22.9 Å². The number of nitrogens with zero attached hydrogens (tertiary/aromatic N) is 1. The highest BCUT2D eigenvalue weighted by Gasteiger charge is 2.18. The van der Waals surface area contributed by atoms with Crippen molar-refractivity contribution in [1.82, 2.24) is 4.98 Å². The third-order valence-electron chi connectivity index (χ3n) is 2.56. The van der Waals surface area contributed by atoms with Crippen molar-refractivity contribution in [2.75, 3.05) is 12.3 Å². The standard InChI is InChI=1S/C14H16N2O3S/c1-3-18-11-6-4-5-10(15)13(11)14(17)19-7-12-16-9(2)8-20-12/h4-6,8H,3,7,15H2,1-2H3. The number of benzene rings is 1. The molecule has 1 aromatic carbocycles. The fourth-order valence-corrected chi connectivity index (χ4v) is 2.39. The summed E-state index contributed by atoms with van der Waals surface area (Å²) in [7, 11) is 0. The smallest absolute Gasteiger partial charge is 0.344 e. The SMILES string of the molecule is CCOc1cccc(N)c1C(=O)OCc1nc(C)cs1. The van der Waals surface area contributed by atoms with Gasteiger partial charge in [-0.2, -0.15) is 0 Å². The third kappa shape index (κ3) is 3.27. The van der Waals surface area contributed by atoms with Gasteiger partial charge in [0.2, 0.25) is 0 Å². The average Bonchev–Trinajstić information content (AvgIpc) is 2.82. The van der Waals surface area contributed by atoms with Crippen LogP contribution in [0.15, 0.2) is 23.6 Å². The van der Waals surface area contributed by atoms with E-state index in [1.54, 1.807) is 18.2 Å². The van der Waals surface area contributed by atoms with E-state index in [2.05, 4.69) is 4.98 Å². The lowest BCUT2D eigenvalue weighted by atomic mass is 10.1. The molecule has 1 heterocycles. The number of rotatable bonds is 5. The summed E-state index contributed by atoms with van der Waals surface area (Å²) in [5, 5.41) is 2.66. The van der Waals surface area contributed by atoms with Gasteiger partial charge in [-0.1, -0.05) is 6.07 Å². The van der Waals surface area contributed by atoms with Crippen LogP contribution in [0.1, 0.15) is 28.0 Å². The zero-order valence-corrected chi connectivity index (χ0v) is 12.2. The van der Waals surface area contributed by atoms with Crippen molar-refractivity contribution in [3.63, 3.8) is 0 Å². The number of nitrogen functional groups attached to an aromatic ring is 1. The van der Waals surface area contributed by atoms with Crippen molar-refractivity contribution in [1.29, 1.82) is 0 Å². The minimum atomic E-state index is -0.501. The zero-order valence-electron chi connectivity index (χ0n) is 11.4. The van der Waals surface area contributed by atoms with E-state index >= 15 is 0 Å². The number of aryl methyl sites for hydroxylation is 1. The molecule has 0 radical (unpaired) electrons. The first kappa shape index (κ1) is 14.3. The number of ether oxygens (including phenoxy) is 2. The van der Waals surface area contributed by atoms with E-state index < -0.39 is 5.97 Å². The Morgan fingerprint density at radius 2 is 2.25 bits per heavy atom. The molecule has 0 unspecified atom stereocenters. The maximum atomic E-state index is 12.1. The normalized spacial score (nSPS) is 10.3. The summed E-state index contributed by atoms with van der Waals surface area (Å²) in [6, 6.07) is 5.08. The highest BCUT2D eigenvalue weighted by molar-refractivity contribution is 7.09.